The highest BCUT2D eigenvalue weighted by atomic mass is 16.3. The minimum atomic E-state index is -0.492. The van der Waals surface area contributed by atoms with Crippen LogP contribution in [0.1, 0.15) is 33.1 Å². The fourth-order valence-electron chi connectivity index (χ4n) is 2.38. The molecule has 0 spiro atoms. The van der Waals surface area contributed by atoms with Crippen molar-refractivity contribution in [2.75, 3.05) is 0 Å². The van der Waals surface area contributed by atoms with Crippen LogP contribution in [0.3, 0.4) is 0 Å². The number of aromatic nitrogens is 3. The van der Waals surface area contributed by atoms with Crippen molar-refractivity contribution >= 4 is 16.9 Å². The number of carbonyl (C=O) groups is 1. The van der Waals surface area contributed by atoms with Gasteiger partial charge in [0.15, 0.2) is 5.82 Å². The molecule has 0 aliphatic heterocycles. The van der Waals surface area contributed by atoms with Crippen molar-refractivity contribution in [3.8, 4) is 0 Å². The highest BCUT2D eigenvalue weighted by Crippen LogP contribution is 2.31. The molecule has 0 aliphatic carbocycles. The molecule has 0 fully saturated rings. The number of amides is 1. The Hall–Kier alpha value is -2.63. The van der Waals surface area contributed by atoms with Gasteiger partial charge in [-0.05, 0) is 31.0 Å². The van der Waals surface area contributed by atoms with E-state index >= 15 is 0 Å². The molecule has 0 saturated heterocycles. The zero-order chi connectivity index (χ0) is 14.3. The summed E-state index contributed by atoms with van der Waals surface area (Å²) in [5.41, 5.74) is 8.36. The van der Waals surface area contributed by atoms with Crippen molar-refractivity contribution in [2.24, 2.45) is 5.73 Å². The summed E-state index contributed by atoms with van der Waals surface area (Å²) in [5, 5.41) is 7.66. The van der Waals surface area contributed by atoms with Gasteiger partial charge in [0, 0.05) is 11.8 Å². The number of aromatic amines is 1. The predicted molar refractivity (Wildman–Crippen MR) is 73.4 cm³/mol. The summed E-state index contributed by atoms with van der Waals surface area (Å²) < 4.78 is 5.70. The van der Waals surface area contributed by atoms with Crippen molar-refractivity contribution in [1.29, 1.82) is 0 Å². The number of hydrogen-bond donors (Lipinski definition) is 2. The second-order valence-corrected chi connectivity index (χ2v) is 4.72. The summed E-state index contributed by atoms with van der Waals surface area (Å²) >= 11 is 0. The van der Waals surface area contributed by atoms with Crippen molar-refractivity contribution in [3.05, 3.63) is 46.7 Å². The SMILES string of the molecule is Cc1oc2c(C(N)=O)ccc(Cc3nc[nH]n3)c2c1C. The van der Waals surface area contributed by atoms with Gasteiger partial charge < -0.3 is 10.2 Å². The van der Waals surface area contributed by atoms with E-state index in [1.807, 2.05) is 19.9 Å². The second-order valence-electron chi connectivity index (χ2n) is 4.72. The minimum Gasteiger partial charge on any atom is -0.460 e. The lowest BCUT2D eigenvalue weighted by Crippen LogP contribution is -2.11. The average molecular weight is 270 g/mol. The van der Waals surface area contributed by atoms with Crippen molar-refractivity contribution < 1.29 is 9.21 Å². The molecule has 2 heterocycles. The molecule has 3 rings (SSSR count). The fraction of sp³-hybridized carbons (Fsp3) is 0.214. The van der Waals surface area contributed by atoms with Gasteiger partial charge in [-0.3, -0.25) is 9.89 Å². The van der Waals surface area contributed by atoms with Crippen LogP contribution in [0.15, 0.2) is 22.9 Å². The molecule has 6 nitrogen and oxygen atoms in total. The van der Waals surface area contributed by atoms with Crippen molar-refractivity contribution in [3.63, 3.8) is 0 Å². The lowest BCUT2D eigenvalue weighted by molar-refractivity contribution is 0.100. The van der Waals surface area contributed by atoms with E-state index in [9.17, 15) is 4.79 Å². The van der Waals surface area contributed by atoms with Crippen LogP contribution >= 0.6 is 0 Å². The number of rotatable bonds is 3. The number of nitrogens with one attached hydrogen (secondary N) is 1. The van der Waals surface area contributed by atoms with E-state index in [1.165, 1.54) is 6.33 Å². The van der Waals surface area contributed by atoms with Gasteiger partial charge in [-0.1, -0.05) is 6.07 Å². The Morgan fingerprint density at radius 3 is 2.85 bits per heavy atom. The molecule has 2 aromatic heterocycles. The first kappa shape index (κ1) is 12.4. The molecule has 1 aromatic carbocycles. The van der Waals surface area contributed by atoms with Gasteiger partial charge in [0.1, 0.15) is 17.7 Å². The van der Waals surface area contributed by atoms with Crippen LogP contribution in [0.4, 0.5) is 0 Å². The molecule has 6 heteroatoms. The number of aryl methyl sites for hydroxylation is 2. The highest BCUT2D eigenvalue weighted by molar-refractivity contribution is 6.06. The molecule has 0 unspecified atom stereocenters. The molecular formula is C14H14N4O2. The average Bonchev–Trinajstić information content (AvgIpc) is 2.99. The summed E-state index contributed by atoms with van der Waals surface area (Å²) in [6, 6.07) is 3.57. The van der Waals surface area contributed by atoms with E-state index in [2.05, 4.69) is 15.2 Å². The first-order valence-electron chi connectivity index (χ1n) is 6.24. The van der Waals surface area contributed by atoms with Gasteiger partial charge in [0.05, 0.1) is 5.56 Å². The molecule has 0 saturated carbocycles. The third-order valence-corrected chi connectivity index (χ3v) is 3.48. The summed E-state index contributed by atoms with van der Waals surface area (Å²) in [6.07, 6.45) is 2.11. The maximum atomic E-state index is 11.5. The number of hydrogen-bond acceptors (Lipinski definition) is 4. The fourth-order valence-corrected chi connectivity index (χ4v) is 2.38. The van der Waals surface area contributed by atoms with E-state index in [4.69, 9.17) is 10.2 Å². The Balaban J connectivity index is 2.23. The van der Waals surface area contributed by atoms with Gasteiger partial charge in [-0.15, -0.1) is 0 Å². The Morgan fingerprint density at radius 1 is 1.40 bits per heavy atom. The number of nitrogens with zero attached hydrogens (tertiary/aromatic N) is 2. The topological polar surface area (TPSA) is 97.8 Å². The first-order chi connectivity index (χ1) is 9.58. The quantitative estimate of drug-likeness (QED) is 0.758. The highest BCUT2D eigenvalue weighted by Gasteiger charge is 2.18. The normalized spacial score (nSPS) is 11.1. The molecule has 0 atom stereocenters. The monoisotopic (exact) mass is 270 g/mol. The van der Waals surface area contributed by atoms with Crippen LogP contribution in [0, 0.1) is 13.8 Å². The molecule has 0 radical (unpaired) electrons. The van der Waals surface area contributed by atoms with E-state index in [1.54, 1.807) is 6.07 Å². The van der Waals surface area contributed by atoms with Crippen LogP contribution in [0.5, 0.6) is 0 Å². The molecule has 1 amide bonds. The molecule has 3 N–H and O–H groups in total. The number of primary amides is 1. The zero-order valence-corrected chi connectivity index (χ0v) is 11.2. The van der Waals surface area contributed by atoms with Crippen LogP contribution in [-0.2, 0) is 6.42 Å². The second kappa shape index (κ2) is 4.48. The standard InChI is InChI=1S/C14H14N4O2/c1-7-8(2)20-13-10(14(15)19)4-3-9(12(7)13)5-11-16-6-17-18-11/h3-4,6H,5H2,1-2H3,(H2,15,19)(H,16,17,18). The summed E-state index contributed by atoms with van der Waals surface area (Å²) in [6.45, 7) is 3.84. The largest absolute Gasteiger partial charge is 0.460 e. The number of nitrogens with two attached hydrogens (primary N) is 1. The van der Waals surface area contributed by atoms with E-state index in [0.717, 1.165) is 22.3 Å². The molecule has 0 aliphatic rings. The number of benzene rings is 1. The Labute approximate surface area is 115 Å². The summed E-state index contributed by atoms with van der Waals surface area (Å²) in [4.78, 5) is 15.6. The van der Waals surface area contributed by atoms with Gasteiger partial charge in [-0.25, -0.2) is 4.98 Å². The molecule has 3 aromatic rings. The van der Waals surface area contributed by atoms with Crippen LogP contribution in [0.25, 0.3) is 11.0 Å². The molecular weight excluding hydrogens is 256 g/mol. The van der Waals surface area contributed by atoms with E-state index in [-0.39, 0.29) is 0 Å². The number of carbonyl (C=O) groups excluding carboxylic acids is 1. The third kappa shape index (κ3) is 1.85. The van der Waals surface area contributed by atoms with Crippen LogP contribution in [0.2, 0.25) is 0 Å². The van der Waals surface area contributed by atoms with Crippen molar-refractivity contribution in [2.45, 2.75) is 20.3 Å². The first-order valence-corrected chi connectivity index (χ1v) is 6.24. The number of H-pyrrole nitrogens is 1. The van der Waals surface area contributed by atoms with Gasteiger partial charge >= 0.3 is 0 Å². The summed E-state index contributed by atoms with van der Waals surface area (Å²) in [7, 11) is 0. The predicted octanol–water partition coefficient (Wildman–Crippen LogP) is 1.86. The maximum Gasteiger partial charge on any atom is 0.252 e. The Bertz CT molecular complexity index is 787. The maximum absolute atomic E-state index is 11.5. The number of furan rings is 1. The van der Waals surface area contributed by atoms with Gasteiger partial charge in [0.25, 0.3) is 5.91 Å². The Kier molecular flexibility index (Phi) is 2.78. The lowest BCUT2D eigenvalue weighted by atomic mass is 9.99. The van der Waals surface area contributed by atoms with Crippen molar-refractivity contribution in [1.82, 2.24) is 15.2 Å². The summed E-state index contributed by atoms with van der Waals surface area (Å²) in [5.74, 6) is 0.981. The van der Waals surface area contributed by atoms with Crippen LogP contribution in [-0.4, -0.2) is 21.1 Å². The Morgan fingerprint density at radius 2 is 2.20 bits per heavy atom. The van der Waals surface area contributed by atoms with Crippen LogP contribution < -0.4 is 5.73 Å². The van der Waals surface area contributed by atoms with Gasteiger partial charge in [-0.2, -0.15) is 5.10 Å². The van der Waals surface area contributed by atoms with E-state index < -0.39 is 5.91 Å². The van der Waals surface area contributed by atoms with E-state index in [0.29, 0.717) is 23.4 Å². The lowest BCUT2D eigenvalue weighted by Gasteiger charge is -2.04. The molecule has 0 bridgehead atoms. The van der Waals surface area contributed by atoms with Gasteiger partial charge in [0.2, 0.25) is 0 Å². The number of fused-ring (bicyclic) bond motifs is 1. The molecule has 20 heavy (non-hydrogen) atoms. The molecule has 102 valence electrons. The minimum absolute atomic E-state index is 0.398. The third-order valence-electron chi connectivity index (χ3n) is 3.48. The smallest absolute Gasteiger partial charge is 0.252 e. The zero-order valence-electron chi connectivity index (χ0n) is 11.2.